The Labute approximate surface area is 167 Å². The molecule has 2 atom stereocenters. The summed E-state index contributed by atoms with van der Waals surface area (Å²) in [5, 5.41) is 11.1. The highest BCUT2D eigenvalue weighted by Crippen LogP contribution is 2.34. The van der Waals surface area contributed by atoms with Gasteiger partial charge in [-0.1, -0.05) is 49.2 Å². The Balaban J connectivity index is 0.00000261. The molecule has 0 saturated carbocycles. The predicted octanol–water partition coefficient (Wildman–Crippen LogP) is 4.95. The predicted molar refractivity (Wildman–Crippen MR) is 109 cm³/mol. The lowest BCUT2D eigenvalue weighted by Gasteiger charge is -2.30. The first-order chi connectivity index (χ1) is 12.7. The van der Waals surface area contributed by atoms with E-state index in [4.69, 9.17) is 4.74 Å². The Hall–Kier alpha value is -1.62. The molecule has 0 radical (unpaired) electrons. The van der Waals surface area contributed by atoms with Crippen LogP contribution < -0.4 is 4.74 Å². The zero-order chi connectivity index (χ0) is 18.4. The molecule has 0 amide bonds. The minimum atomic E-state index is -0.763. The number of methoxy groups -OCH3 is 1. The fraction of sp³-hybridized carbons (Fsp3) is 0.455. The van der Waals surface area contributed by atoms with Crippen LogP contribution in [-0.2, 0) is 0 Å². The van der Waals surface area contributed by atoms with E-state index < -0.39 is 11.9 Å². The Bertz CT molecular complexity index is 690. The highest BCUT2D eigenvalue weighted by Gasteiger charge is 2.26. The Morgan fingerprint density at radius 1 is 1.00 bits per heavy atom. The topological polar surface area (TPSA) is 32.7 Å². The number of hydrogen-bond donors (Lipinski definition) is 1. The molecule has 3 nitrogen and oxygen atoms in total. The van der Waals surface area contributed by atoms with E-state index in [0.717, 1.165) is 25.2 Å². The van der Waals surface area contributed by atoms with Crippen molar-refractivity contribution < 1.29 is 14.2 Å². The van der Waals surface area contributed by atoms with Crippen LogP contribution in [0.3, 0.4) is 0 Å². The lowest BCUT2D eigenvalue weighted by Crippen LogP contribution is -2.32. The van der Waals surface area contributed by atoms with Gasteiger partial charge in [0, 0.05) is 12.5 Å². The van der Waals surface area contributed by atoms with Crippen molar-refractivity contribution in [3.05, 3.63) is 65.5 Å². The van der Waals surface area contributed by atoms with Gasteiger partial charge in [-0.15, -0.1) is 12.4 Å². The summed E-state index contributed by atoms with van der Waals surface area (Å²) in [5.74, 6) is -0.336. The third-order valence-corrected chi connectivity index (χ3v) is 5.28. The zero-order valence-corrected chi connectivity index (χ0v) is 16.6. The normalized spacial score (nSPS) is 17.4. The highest BCUT2D eigenvalue weighted by atomic mass is 35.5. The standard InChI is InChI=1S/C22H28FNO2.ClH/c1-26-21-12-11-18(15-20(21)23)22(25)19(17-9-5-4-6-10-17)16-24-13-7-2-3-8-14-24;/h4-6,9-12,15,19,22,25H,2-3,7-8,13-14,16H2,1H3;1H. The number of hydrogen-bond acceptors (Lipinski definition) is 3. The van der Waals surface area contributed by atoms with Crippen molar-refractivity contribution in [2.75, 3.05) is 26.7 Å². The third kappa shape index (κ3) is 5.68. The fourth-order valence-electron chi connectivity index (χ4n) is 3.78. The van der Waals surface area contributed by atoms with Crippen LogP contribution in [0.4, 0.5) is 4.39 Å². The van der Waals surface area contributed by atoms with Crippen LogP contribution in [0.15, 0.2) is 48.5 Å². The molecule has 5 heteroatoms. The maximum atomic E-state index is 14.1. The molecule has 0 bridgehead atoms. The minimum absolute atomic E-state index is 0. The molecule has 27 heavy (non-hydrogen) atoms. The highest BCUT2D eigenvalue weighted by molar-refractivity contribution is 5.85. The first-order valence-electron chi connectivity index (χ1n) is 9.48. The van der Waals surface area contributed by atoms with Crippen LogP contribution >= 0.6 is 12.4 Å². The summed E-state index contributed by atoms with van der Waals surface area (Å²) in [6.07, 6.45) is 4.20. The molecule has 3 rings (SSSR count). The molecule has 0 aromatic heterocycles. The molecule has 2 unspecified atom stereocenters. The van der Waals surface area contributed by atoms with Crippen LogP contribution in [-0.4, -0.2) is 36.8 Å². The van der Waals surface area contributed by atoms with Crippen LogP contribution in [0.1, 0.15) is 48.8 Å². The summed E-state index contributed by atoms with van der Waals surface area (Å²) in [4.78, 5) is 2.44. The number of ether oxygens (including phenoxy) is 1. The lowest BCUT2D eigenvalue weighted by molar-refractivity contribution is 0.117. The molecular weight excluding hydrogens is 365 g/mol. The molecule has 1 heterocycles. The van der Waals surface area contributed by atoms with Crippen molar-refractivity contribution in [3.8, 4) is 5.75 Å². The van der Waals surface area contributed by atoms with Crippen LogP contribution in [0.25, 0.3) is 0 Å². The molecule has 1 aliphatic heterocycles. The average Bonchev–Trinajstić information content (AvgIpc) is 2.95. The van der Waals surface area contributed by atoms with Gasteiger partial charge in [-0.3, -0.25) is 0 Å². The first kappa shape index (κ1) is 21.7. The van der Waals surface area contributed by atoms with Gasteiger partial charge in [0.25, 0.3) is 0 Å². The molecule has 148 valence electrons. The van der Waals surface area contributed by atoms with Crippen molar-refractivity contribution >= 4 is 12.4 Å². The summed E-state index contributed by atoms with van der Waals surface area (Å²) in [5.41, 5.74) is 1.67. The number of nitrogens with zero attached hydrogens (tertiary/aromatic N) is 1. The van der Waals surface area contributed by atoms with E-state index in [2.05, 4.69) is 4.90 Å². The zero-order valence-electron chi connectivity index (χ0n) is 15.8. The molecule has 1 fully saturated rings. The van der Waals surface area contributed by atoms with E-state index in [1.54, 1.807) is 12.1 Å². The number of aliphatic hydroxyl groups is 1. The van der Waals surface area contributed by atoms with E-state index in [9.17, 15) is 9.50 Å². The Kier molecular flexibility index (Phi) is 8.55. The van der Waals surface area contributed by atoms with Gasteiger partial charge in [0.05, 0.1) is 13.2 Å². The second kappa shape index (κ2) is 10.6. The van der Waals surface area contributed by atoms with Crippen molar-refractivity contribution in [2.24, 2.45) is 0 Å². The second-order valence-corrected chi connectivity index (χ2v) is 7.07. The fourth-order valence-corrected chi connectivity index (χ4v) is 3.78. The Morgan fingerprint density at radius 2 is 1.67 bits per heavy atom. The Morgan fingerprint density at radius 3 is 2.26 bits per heavy atom. The minimum Gasteiger partial charge on any atom is -0.494 e. The quantitative estimate of drug-likeness (QED) is 0.753. The molecule has 1 saturated heterocycles. The summed E-state index contributed by atoms with van der Waals surface area (Å²) >= 11 is 0. The van der Waals surface area contributed by atoms with Gasteiger partial charge in [0.15, 0.2) is 11.6 Å². The second-order valence-electron chi connectivity index (χ2n) is 7.07. The molecule has 2 aromatic rings. The van der Waals surface area contributed by atoms with Crippen molar-refractivity contribution in [1.82, 2.24) is 4.90 Å². The summed E-state index contributed by atoms with van der Waals surface area (Å²) in [7, 11) is 1.45. The SMILES string of the molecule is COc1ccc(C(O)C(CN2CCCCCC2)c2ccccc2)cc1F.Cl. The maximum Gasteiger partial charge on any atom is 0.165 e. The monoisotopic (exact) mass is 393 g/mol. The summed E-state index contributed by atoms with van der Waals surface area (Å²) < 4.78 is 19.1. The maximum absolute atomic E-state index is 14.1. The van der Waals surface area contributed by atoms with Crippen LogP contribution in [0, 0.1) is 5.82 Å². The van der Waals surface area contributed by atoms with Gasteiger partial charge >= 0.3 is 0 Å². The third-order valence-electron chi connectivity index (χ3n) is 5.28. The number of likely N-dealkylation sites (tertiary alicyclic amines) is 1. The summed E-state index contributed by atoms with van der Waals surface area (Å²) in [6.45, 7) is 2.90. The van der Waals surface area contributed by atoms with Gasteiger partial charge in [-0.05, 0) is 49.2 Å². The number of halogens is 2. The average molecular weight is 394 g/mol. The van der Waals surface area contributed by atoms with E-state index in [0.29, 0.717) is 5.56 Å². The number of aliphatic hydroxyl groups excluding tert-OH is 1. The molecule has 2 aromatic carbocycles. The molecular formula is C22H29ClFNO2. The van der Waals surface area contributed by atoms with Crippen LogP contribution in [0.5, 0.6) is 5.75 Å². The molecule has 0 aliphatic carbocycles. The van der Waals surface area contributed by atoms with E-state index in [1.807, 2.05) is 30.3 Å². The molecule has 0 spiro atoms. The number of benzene rings is 2. The molecule has 1 aliphatic rings. The van der Waals surface area contributed by atoms with Gasteiger partial charge < -0.3 is 14.7 Å². The largest absolute Gasteiger partial charge is 0.494 e. The van der Waals surface area contributed by atoms with Crippen LogP contribution in [0.2, 0.25) is 0 Å². The van der Waals surface area contributed by atoms with Gasteiger partial charge in [0.2, 0.25) is 0 Å². The van der Waals surface area contributed by atoms with E-state index in [-0.39, 0.29) is 24.1 Å². The van der Waals surface area contributed by atoms with Gasteiger partial charge in [0.1, 0.15) is 0 Å². The van der Waals surface area contributed by atoms with Gasteiger partial charge in [-0.2, -0.15) is 0 Å². The molecule has 1 N–H and O–H groups in total. The first-order valence-corrected chi connectivity index (χ1v) is 9.48. The van der Waals surface area contributed by atoms with Crippen molar-refractivity contribution in [3.63, 3.8) is 0 Å². The van der Waals surface area contributed by atoms with E-state index >= 15 is 0 Å². The lowest BCUT2D eigenvalue weighted by atomic mass is 9.88. The number of rotatable bonds is 6. The summed E-state index contributed by atoms with van der Waals surface area (Å²) in [6, 6.07) is 14.8. The smallest absolute Gasteiger partial charge is 0.165 e. The van der Waals surface area contributed by atoms with E-state index in [1.165, 1.54) is 38.9 Å². The van der Waals surface area contributed by atoms with Gasteiger partial charge in [-0.25, -0.2) is 4.39 Å². The van der Waals surface area contributed by atoms with Crippen molar-refractivity contribution in [2.45, 2.75) is 37.7 Å². The van der Waals surface area contributed by atoms with Crippen molar-refractivity contribution in [1.29, 1.82) is 0 Å².